The highest BCUT2D eigenvalue weighted by atomic mass is 32.2. The molecule has 6 nitrogen and oxygen atoms in total. The van der Waals surface area contributed by atoms with Crippen LogP contribution in [0.5, 0.6) is 5.75 Å². The number of rotatable bonds is 9. The second-order valence-electron chi connectivity index (χ2n) is 8.57. The van der Waals surface area contributed by atoms with Crippen LogP contribution in [-0.2, 0) is 6.42 Å². The summed E-state index contributed by atoms with van der Waals surface area (Å²) in [6.45, 7) is 2.32. The van der Waals surface area contributed by atoms with Gasteiger partial charge in [-0.3, -0.25) is 9.59 Å². The van der Waals surface area contributed by atoms with Crippen LogP contribution in [0, 0.1) is 0 Å². The summed E-state index contributed by atoms with van der Waals surface area (Å²) in [4.78, 5) is 28.5. The fraction of sp³-hybridized carbons (Fsp3) is 0.259. The molecule has 0 unspecified atom stereocenters. The summed E-state index contributed by atoms with van der Waals surface area (Å²) in [5, 5.41) is 5.91. The molecule has 0 spiro atoms. The molecular formula is C27H30N3O3S+. The van der Waals surface area contributed by atoms with Crippen LogP contribution in [0.4, 0.5) is 5.69 Å². The molecule has 34 heavy (non-hydrogen) atoms. The van der Waals surface area contributed by atoms with E-state index in [0.29, 0.717) is 30.0 Å². The van der Waals surface area contributed by atoms with Crippen LogP contribution >= 0.6 is 11.8 Å². The summed E-state index contributed by atoms with van der Waals surface area (Å²) >= 11 is 1.52. The van der Waals surface area contributed by atoms with E-state index in [1.165, 1.54) is 16.7 Å². The molecule has 0 aliphatic carbocycles. The van der Waals surface area contributed by atoms with Crippen molar-refractivity contribution in [1.82, 2.24) is 5.32 Å². The van der Waals surface area contributed by atoms with Crippen molar-refractivity contribution in [2.75, 3.05) is 39.1 Å². The van der Waals surface area contributed by atoms with Gasteiger partial charge in [0.25, 0.3) is 11.8 Å². The number of nitrogens with one attached hydrogen (secondary N) is 3. The van der Waals surface area contributed by atoms with Crippen LogP contribution in [0.3, 0.4) is 0 Å². The van der Waals surface area contributed by atoms with Crippen molar-refractivity contribution in [3.8, 4) is 5.75 Å². The SMILES string of the molecule is C[NH+](C)CCCOc1ccc(CCNC(=O)c2ccc3c(c2)NC(=O)c2ccccc2S3)cc1. The van der Waals surface area contributed by atoms with Gasteiger partial charge in [-0.1, -0.05) is 36.0 Å². The molecule has 1 aliphatic heterocycles. The molecule has 3 aromatic carbocycles. The van der Waals surface area contributed by atoms with Gasteiger partial charge in [-0.15, -0.1) is 0 Å². The maximum absolute atomic E-state index is 12.7. The van der Waals surface area contributed by atoms with Crippen LogP contribution in [0.15, 0.2) is 76.5 Å². The molecule has 0 saturated heterocycles. The fourth-order valence-corrected chi connectivity index (χ4v) is 4.71. The van der Waals surface area contributed by atoms with Gasteiger partial charge >= 0.3 is 0 Å². The molecule has 0 bridgehead atoms. The Labute approximate surface area is 204 Å². The molecule has 0 saturated carbocycles. The summed E-state index contributed by atoms with van der Waals surface area (Å²) in [5.74, 6) is 0.547. The Morgan fingerprint density at radius 3 is 2.62 bits per heavy atom. The molecular weight excluding hydrogens is 446 g/mol. The number of amides is 2. The second kappa shape index (κ2) is 11.2. The van der Waals surface area contributed by atoms with Gasteiger partial charge in [-0.05, 0) is 54.4 Å². The number of benzene rings is 3. The normalized spacial score (nSPS) is 12.4. The molecule has 7 heteroatoms. The molecule has 3 N–H and O–H groups in total. The highest BCUT2D eigenvalue weighted by Gasteiger charge is 2.20. The summed E-state index contributed by atoms with van der Waals surface area (Å²) in [5.41, 5.74) is 2.95. The first-order chi connectivity index (χ1) is 16.5. The first kappa shape index (κ1) is 23.9. The Kier molecular flexibility index (Phi) is 7.87. The quantitative estimate of drug-likeness (QED) is 0.415. The minimum atomic E-state index is -0.161. The number of anilines is 1. The van der Waals surface area contributed by atoms with Crippen LogP contribution in [0.2, 0.25) is 0 Å². The number of quaternary nitrogens is 1. The summed E-state index contributed by atoms with van der Waals surface area (Å²) < 4.78 is 5.78. The van der Waals surface area contributed by atoms with E-state index < -0.39 is 0 Å². The van der Waals surface area contributed by atoms with E-state index in [1.54, 1.807) is 12.1 Å². The van der Waals surface area contributed by atoms with E-state index in [9.17, 15) is 9.59 Å². The van der Waals surface area contributed by atoms with E-state index in [-0.39, 0.29) is 11.8 Å². The molecule has 0 aromatic heterocycles. The Bertz CT molecular complexity index is 1160. The lowest BCUT2D eigenvalue weighted by Crippen LogP contribution is -3.05. The number of fused-ring (bicyclic) bond motifs is 2. The molecule has 0 fully saturated rings. The summed E-state index contributed by atoms with van der Waals surface area (Å²) in [7, 11) is 4.27. The van der Waals surface area contributed by atoms with Crippen LogP contribution in [0.25, 0.3) is 0 Å². The van der Waals surface area contributed by atoms with Gasteiger partial charge in [-0.2, -0.15) is 0 Å². The zero-order valence-corrected chi connectivity index (χ0v) is 20.3. The largest absolute Gasteiger partial charge is 0.493 e. The van der Waals surface area contributed by atoms with Gasteiger partial charge < -0.3 is 20.3 Å². The molecule has 1 heterocycles. The Balaban J connectivity index is 1.29. The Hall–Kier alpha value is -3.29. The zero-order chi connectivity index (χ0) is 23.9. The van der Waals surface area contributed by atoms with Gasteiger partial charge in [0.05, 0.1) is 38.5 Å². The maximum atomic E-state index is 12.7. The highest BCUT2D eigenvalue weighted by molar-refractivity contribution is 7.99. The predicted molar refractivity (Wildman–Crippen MR) is 135 cm³/mol. The van der Waals surface area contributed by atoms with E-state index >= 15 is 0 Å². The number of ether oxygens (including phenoxy) is 1. The molecule has 2 amide bonds. The predicted octanol–water partition coefficient (Wildman–Crippen LogP) is 3.29. The third-order valence-electron chi connectivity index (χ3n) is 5.55. The number of carbonyl (C=O) groups excluding carboxylic acids is 2. The molecule has 176 valence electrons. The summed E-state index contributed by atoms with van der Waals surface area (Å²) in [6.07, 6.45) is 1.75. The lowest BCUT2D eigenvalue weighted by Gasteiger charge is -2.11. The first-order valence-corrected chi connectivity index (χ1v) is 12.3. The first-order valence-electron chi connectivity index (χ1n) is 11.5. The van der Waals surface area contributed by atoms with Crippen molar-refractivity contribution in [2.45, 2.75) is 22.6 Å². The van der Waals surface area contributed by atoms with Crippen molar-refractivity contribution in [3.63, 3.8) is 0 Å². The van der Waals surface area contributed by atoms with Gasteiger partial charge in [-0.25, -0.2) is 0 Å². The summed E-state index contributed by atoms with van der Waals surface area (Å²) in [6, 6.07) is 20.9. The Morgan fingerprint density at radius 1 is 1.03 bits per heavy atom. The van der Waals surface area contributed by atoms with Gasteiger partial charge in [0.15, 0.2) is 0 Å². The minimum absolute atomic E-state index is 0.160. The van der Waals surface area contributed by atoms with Crippen molar-refractivity contribution in [1.29, 1.82) is 0 Å². The number of hydrogen-bond acceptors (Lipinski definition) is 4. The minimum Gasteiger partial charge on any atom is -0.493 e. The lowest BCUT2D eigenvalue weighted by molar-refractivity contribution is -0.858. The second-order valence-corrected chi connectivity index (χ2v) is 9.66. The highest BCUT2D eigenvalue weighted by Crippen LogP contribution is 2.38. The number of carbonyl (C=O) groups is 2. The molecule has 1 aliphatic rings. The molecule has 0 radical (unpaired) electrons. The van der Waals surface area contributed by atoms with E-state index in [4.69, 9.17) is 4.74 Å². The Morgan fingerprint density at radius 2 is 1.82 bits per heavy atom. The van der Waals surface area contributed by atoms with E-state index in [2.05, 4.69) is 24.7 Å². The number of hydrogen-bond donors (Lipinski definition) is 3. The lowest BCUT2D eigenvalue weighted by atomic mass is 10.1. The van der Waals surface area contributed by atoms with Crippen LogP contribution < -0.4 is 20.3 Å². The van der Waals surface area contributed by atoms with E-state index in [0.717, 1.165) is 40.5 Å². The van der Waals surface area contributed by atoms with Gasteiger partial charge in [0, 0.05) is 28.3 Å². The van der Waals surface area contributed by atoms with Crippen molar-refractivity contribution < 1.29 is 19.2 Å². The fourth-order valence-electron chi connectivity index (χ4n) is 3.70. The average Bonchev–Trinajstić information content (AvgIpc) is 2.97. The molecule has 0 atom stereocenters. The molecule has 4 rings (SSSR count). The zero-order valence-electron chi connectivity index (χ0n) is 19.5. The van der Waals surface area contributed by atoms with Gasteiger partial charge in [0.1, 0.15) is 5.75 Å². The monoisotopic (exact) mass is 476 g/mol. The van der Waals surface area contributed by atoms with Crippen LogP contribution in [0.1, 0.15) is 32.7 Å². The van der Waals surface area contributed by atoms with Crippen molar-refractivity contribution in [3.05, 3.63) is 83.4 Å². The van der Waals surface area contributed by atoms with Crippen LogP contribution in [-0.4, -0.2) is 45.6 Å². The maximum Gasteiger partial charge on any atom is 0.256 e. The van der Waals surface area contributed by atoms with E-state index in [1.807, 2.05) is 54.6 Å². The van der Waals surface area contributed by atoms with Crippen molar-refractivity contribution >= 4 is 29.3 Å². The van der Waals surface area contributed by atoms with Gasteiger partial charge in [0.2, 0.25) is 0 Å². The third kappa shape index (κ3) is 6.18. The van der Waals surface area contributed by atoms with Crippen molar-refractivity contribution in [2.24, 2.45) is 0 Å². The smallest absolute Gasteiger partial charge is 0.256 e. The average molecular weight is 477 g/mol. The topological polar surface area (TPSA) is 71.9 Å². The molecule has 3 aromatic rings. The third-order valence-corrected chi connectivity index (χ3v) is 6.71. The standard InChI is InChI=1S/C27H29N3O3S/c1-30(2)16-5-17-33-21-11-8-19(9-12-21)14-15-28-26(31)20-10-13-25-23(18-20)29-27(32)22-6-3-4-7-24(22)34-25/h3-4,6-13,18H,5,14-17H2,1-2H3,(H,28,31)(H,29,32)/p+1.